The molecule has 6 nitrogen and oxygen atoms in total. The fourth-order valence-corrected chi connectivity index (χ4v) is 6.06. The fraction of sp³-hybridized carbons (Fsp3) is 0.267. The summed E-state index contributed by atoms with van der Waals surface area (Å²) in [5.74, 6) is 0. The van der Waals surface area contributed by atoms with Crippen LogP contribution in [0.5, 0.6) is 0 Å². The van der Waals surface area contributed by atoms with Crippen LogP contribution >= 0.6 is 0 Å². The zero-order valence-electron chi connectivity index (χ0n) is 21.4. The van der Waals surface area contributed by atoms with Crippen molar-refractivity contribution in [1.82, 2.24) is 9.62 Å². The van der Waals surface area contributed by atoms with Crippen molar-refractivity contribution < 1.29 is 8.42 Å². The Balaban J connectivity index is 1.35. The fourth-order valence-electron chi connectivity index (χ4n) is 4.99. The van der Waals surface area contributed by atoms with E-state index in [-0.39, 0.29) is 6.04 Å². The van der Waals surface area contributed by atoms with E-state index in [1.807, 2.05) is 50.5 Å². The summed E-state index contributed by atoms with van der Waals surface area (Å²) in [7, 11) is 0.378. The third-order valence-corrected chi connectivity index (χ3v) is 8.59. The highest BCUT2D eigenvalue weighted by Crippen LogP contribution is 2.27. The van der Waals surface area contributed by atoms with Crippen LogP contribution in [-0.4, -0.2) is 60.1 Å². The first-order valence-corrected chi connectivity index (χ1v) is 14.2. The number of para-hydroxylation sites is 1. The molecule has 0 bridgehead atoms. The first kappa shape index (κ1) is 25.3. The number of nitrogens with one attached hydrogen (secondary N) is 1. The van der Waals surface area contributed by atoms with Gasteiger partial charge >= 0.3 is 0 Å². The molecular formula is C30H34N4O2S. The minimum absolute atomic E-state index is 0.0654. The van der Waals surface area contributed by atoms with Crippen LogP contribution in [0.25, 0.3) is 10.8 Å². The largest absolute Gasteiger partial charge is 0.378 e. The lowest BCUT2D eigenvalue weighted by Gasteiger charge is -2.40. The van der Waals surface area contributed by atoms with Gasteiger partial charge in [-0.15, -0.1) is 0 Å². The van der Waals surface area contributed by atoms with E-state index in [4.69, 9.17) is 0 Å². The maximum absolute atomic E-state index is 13.3. The van der Waals surface area contributed by atoms with Crippen LogP contribution in [-0.2, 0) is 10.0 Å². The number of sulfonamides is 1. The topological polar surface area (TPSA) is 55.9 Å². The summed E-state index contributed by atoms with van der Waals surface area (Å²) in [6, 6.07) is 31.9. The van der Waals surface area contributed by atoms with E-state index in [1.54, 1.807) is 12.1 Å². The van der Waals surface area contributed by atoms with Crippen LogP contribution in [0, 0.1) is 0 Å². The third kappa shape index (κ3) is 5.80. The van der Waals surface area contributed by atoms with Gasteiger partial charge < -0.3 is 9.80 Å². The number of piperazine rings is 1. The van der Waals surface area contributed by atoms with E-state index in [2.05, 4.69) is 68.0 Å². The molecule has 1 atom stereocenters. The Hall–Kier alpha value is -3.39. The monoisotopic (exact) mass is 514 g/mol. The lowest BCUT2D eigenvalue weighted by molar-refractivity contribution is 0.187. The number of hydrogen-bond acceptors (Lipinski definition) is 5. The van der Waals surface area contributed by atoms with Gasteiger partial charge in [-0.2, -0.15) is 0 Å². The van der Waals surface area contributed by atoms with Crippen molar-refractivity contribution in [2.24, 2.45) is 0 Å². The highest BCUT2D eigenvalue weighted by atomic mass is 32.2. The predicted octanol–water partition coefficient (Wildman–Crippen LogP) is 4.75. The lowest BCUT2D eigenvalue weighted by Crippen LogP contribution is -2.49. The molecule has 5 rings (SSSR count). The molecule has 0 spiro atoms. The van der Waals surface area contributed by atoms with Crippen molar-refractivity contribution in [3.05, 3.63) is 103 Å². The molecular weight excluding hydrogens is 480 g/mol. The average molecular weight is 515 g/mol. The zero-order chi connectivity index (χ0) is 25.8. The third-order valence-electron chi connectivity index (χ3n) is 7.17. The quantitative estimate of drug-likeness (QED) is 0.368. The Labute approximate surface area is 220 Å². The molecule has 1 saturated heterocycles. The predicted molar refractivity (Wildman–Crippen MR) is 153 cm³/mol. The molecule has 4 aromatic carbocycles. The van der Waals surface area contributed by atoms with Crippen LogP contribution < -0.4 is 14.5 Å². The van der Waals surface area contributed by atoms with E-state index in [0.29, 0.717) is 11.4 Å². The van der Waals surface area contributed by atoms with Crippen molar-refractivity contribution in [3.63, 3.8) is 0 Å². The molecule has 0 aliphatic carbocycles. The van der Waals surface area contributed by atoms with Gasteiger partial charge in [0.1, 0.15) is 0 Å². The number of fused-ring (bicyclic) bond motifs is 1. The highest BCUT2D eigenvalue weighted by molar-refractivity contribution is 7.89. The Morgan fingerprint density at radius 1 is 0.784 bits per heavy atom. The van der Waals surface area contributed by atoms with Gasteiger partial charge in [0.05, 0.1) is 4.90 Å². The van der Waals surface area contributed by atoms with Gasteiger partial charge in [0, 0.05) is 64.2 Å². The summed E-state index contributed by atoms with van der Waals surface area (Å²) >= 11 is 0. The van der Waals surface area contributed by atoms with Crippen LogP contribution in [0.4, 0.5) is 11.4 Å². The van der Waals surface area contributed by atoms with Gasteiger partial charge in [0.25, 0.3) is 0 Å². The molecule has 1 aliphatic rings. The SMILES string of the molecule is CN(C)c1ccc(C(CNS(=O)(=O)c2ccc3ccccc3c2)N2CCN(c3ccccc3)CC2)cc1. The number of rotatable bonds is 8. The van der Waals surface area contributed by atoms with Gasteiger partial charge in [0.2, 0.25) is 10.0 Å². The number of nitrogens with zero attached hydrogens (tertiary/aromatic N) is 3. The summed E-state index contributed by atoms with van der Waals surface area (Å²) in [6.07, 6.45) is 0. The van der Waals surface area contributed by atoms with E-state index in [9.17, 15) is 8.42 Å². The smallest absolute Gasteiger partial charge is 0.240 e. The maximum Gasteiger partial charge on any atom is 0.240 e. The van der Waals surface area contributed by atoms with Crippen LogP contribution in [0.1, 0.15) is 11.6 Å². The minimum atomic E-state index is -3.66. The molecule has 7 heteroatoms. The molecule has 4 aromatic rings. The van der Waals surface area contributed by atoms with E-state index in [1.165, 1.54) is 5.69 Å². The normalized spacial score (nSPS) is 15.6. The van der Waals surface area contributed by atoms with Crippen molar-refractivity contribution >= 4 is 32.2 Å². The molecule has 0 aromatic heterocycles. The van der Waals surface area contributed by atoms with Gasteiger partial charge in [-0.3, -0.25) is 4.90 Å². The Bertz CT molecular complexity index is 1430. The lowest BCUT2D eigenvalue weighted by atomic mass is 10.0. The summed E-state index contributed by atoms with van der Waals surface area (Å²) in [6.45, 7) is 3.81. The molecule has 37 heavy (non-hydrogen) atoms. The molecule has 0 saturated carbocycles. The number of hydrogen-bond donors (Lipinski definition) is 1. The molecule has 1 heterocycles. The van der Waals surface area contributed by atoms with Gasteiger partial charge in [-0.05, 0) is 52.7 Å². The first-order chi connectivity index (χ1) is 17.9. The first-order valence-electron chi connectivity index (χ1n) is 12.7. The molecule has 1 fully saturated rings. The number of anilines is 2. The summed E-state index contributed by atoms with van der Waals surface area (Å²) in [5.41, 5.74) is 3.46. The van der Waals surface area contributed by atoms with E-state index in [0.717, 1.165) is 48.2 Å². The molecule has 1 aliphatic heterocycles. The molecule has 192 valence electrons. The molecule has 1 N–H and O–H groups in total. The molecule has 0 radical (unpaired) electrons. The van der Waals surface area contributed by atoms with Crippen molar-refractivity contribution in [1.29, 1.82) is 0 Å². The Morgan fingerprint density at radius 3 is 2.11 bits per heavy atom. The van der Waals surface area contributed by atoms with E-state index < -0.39 is 10.0 Å². The Kier molecular flexibility index (Phi) is 7.46. The van der Waals surface area contributed by atoms with Gasteiger partial charge in [0.15, 0.2) is 0 Å². The second-order valence-corrected chi connectivity index (χ2v) is 11.5. The van der Waals surface area contributed by atoms with Crippen molar-refractivity contribution in [2.45, 2.75) is 10.9 Å². The Morgan fingerprint density at radius 2 is 1.43 bits per heavy atom. The molecule has 1 unspecified atom stereocenters. The average Bonchev–Trinajstić information content (AvgIpc) is 2.94. The standard InChI is InChI=1S/C30H34N4O2S/c1-32(2)27-15-12-25(13-16-27)30(34-20-18-33(19-21-34)28-10-4-3-5-11-28)23-31-37(35,36)29-17-14-24-8-6-7-9-26(24)22-29/h3-17,22,30-31H,18-21,23H2,1-2H3. The van der Waals surface area contributed by atoms with Crippen LogP contribution in [0.15, 0.2) is 102 Å². The molecule has 0 amide bonds. The van der Waals surface area contributed by atoms with Crippen molar-refractivity contribution in [2.75, 3.05) is 56.6 Å². The minimum Gasteiger partial charge on any atom is -0.378 e. The highest BCUT2D eigenvalue weighted by Gasteiger charge is 2.27. The summed E-state index contributed by atoms with van der Waals surface area (Å²) in [5, 5.41) is 1.94. The van der Waals surface area contributed by atoms with Crippen LogP contribution in [0.2, 0.25) is 0 Å². The van der Waals surface area contributed by atoms with Gasteiger partial charge in [-0.1, -0.05) is 60.7 Å². The summed E-state index contributed by atoms with van der Waals surface area (Å²) < 4.78 is 29.6. The van der Waals surface area contributed by atoms with E-state index >= 15 is 0 Å². The second kappa shape index (κ2) is 10.9. The second-order valence-electron chi connectivity index (χ2n) is 9.72. The maximum atomic E-state index is 13.3. The van der Waals surface area contributed by atoms with Crippen LogP contribution in [0.3, 0.4) is 0 Å². The number of benzene rings is 4. The van der Waals surface area contributed by atoms with Crippen molar-refractivity contribution in [3.8, 4) is 0 Å². The van der Waals surface area contributed by atoms with Gasteiger partial charge in [-0.25, -0.2) is 13.1 Å². The zero-order valence-corrected chi connectivity index (χ0v) is 22.2. The summed E-state index contributed by atoms with van der Waals surface area (Å²) in [4.78, 5) is 7.15.